The summed E-state index contributed by atoms with van der Waals surface area (Å²) >= 11 is 0. The molecule has 0 N–H and O–H groups in total. The summed E-state index contributed by atoms with van der Waals surface area (Å²) in [6, 6.07) is 9.60. The van der Waals surface area contributed by atoms with E-state index < -0.39 is 7.60 Å². The summed E-state index contributed by atoms with van der Waals surface area (Å²) < 4.78 is 21.9. The minimum Gasteiger partial charge on any atom is -0.306 e. The zero-order chi connectivity index (χ0) is 9.15. The molecular weight excluding hydrogens is 187 g/mol. The molecule has 70 valence electrons. The molecule has 0 unspecified atom stereocenters. The number of rotatable bonds is 2. The normalized spacial score (nSPS) is 20.3. The maximum absolute atomic E-state index is 11.7. The molecule has 0 atom stereocenters. The van der Waals surface area contributed by atoms with E-state index in [2.05, 4.69) is 0 Å². The molecule has 1 fully saturated rings. The van der Waals surface area contributed by atoms with E-state index in [-0.39, 0.29) is 0 Å². The molecule has 0 amide bonds. The lowest BCUT2D eigenvalue weighted by molar-refractivity contribution is 0.351. The third kappa shape index (κ3) is 2.19. The van der Waals surface area contributed by atoms with Crippen molar-refractivity contribution in [1.82, 2.24) is 0 Å². The van der Waals surface area contributed by atoms with Crippen molar-refractivity contribution in [3.8, 4) is 0 Å². The summed E-state index contributed by atoms with van der Waals surface area (Å²) in [5.74, 6) is 0. The van der Waals surface area contributed by atoms with Crippen LogP contribution in [0.5, 0.6) is 0 Å². The van der Waals surface area contributed by atoms with Crippen LogP contribution in [0.2, 0.25) is 0 Å². The molecule has 1 aromatic carbocycles. The number of hydrogen-bond donors (Lipinski definition) is 0. The van der Waals surface area contributed by atoms with Gasteiger partial charge in [0.1, 0.15) is 0 Å². The van der Waals surface area contributed by atoms with Crippen LogP contribution in [0.3, 0.4) is 0 Å². The molecule has 0 bridgehead atoms. The van der Waals surface area contributed by atoms with Gasteiger partial charge in [0.05, 0.1) is 19.4 Å². The zero-order valence-corrected chi connectivity index (χ0v) is 8.07. The van der Waals surface area contributed by atoms with Crippen LogP contribution >= 0.6 is 7.60 Å². The Bertz CT molecular complexity index is 313. The van der Waals surface area contributed by atoms with Gasteiger partial charge >= 0.3 is 7.60 Å². The smallest absolute Gasteiger partial charge is 0.306 e. The Kier molecular flexibility index (Phi) is 2.49. The van der Waals surface area contributed by atoms with Gasteiger partial charge in [-0.05, 0) is 5.56 Å². The minimum atomic E-state index is -2.79. The predicted octanol–water partition coefficient (Wildman–Crippen LogP) is 2.43. The Labute approximate surface area is 77.2 Å². The van der Waals surface area contributed by atoms with E-state index in [1.54, 1.807) is 0 Å². The highest BCUT2D eigenvalue weighted by atomic mass is 31.2. The van der Waals surface area contributed by atoms with Crippen molar-refractivity contribution in [3.63, 3.8) is 0 Å². The van der Waals surface area contributed by atoms with Gasteiger partial charge in [0.15, 0.2) is 0 Å². The van der Waals surface area contributed by atoms with Crippen LogP contribution in [0.25, 0.3) is 0 Å². The monoisotopic (exact) mass is 198 g/mol. The van der Waals surface area contributed by atoms with Gasteiger partial charge < -0.3 is 9.05 Å². The van der Waals surface area contributed by atoms with Crippen LogP contribution < -0.4 is 0 Å². The van der Waals surface area contributed by atoms with Gasteiger partial charge in [-0.2, -0.15) is 0 Å². The van der Waals surface area contributed by atoms with Crippen molar-refractivity contribution in [2.24, 2.45) is 0 Å². The minimum absolute atomic E-state index is 0.383. The maximum Gasteiger partial charge on any atom is 0.335 e. The molecule has 0 aromatic heterocycles. The van der Waals surface area contributed by atoms with Gasteiger partial charge in [-0.15, -0.1) is 0 Å². The first-order valence-corrected chi connectivity index (χ1v) is 5.93. The highest BCUT2D eigenvalue weighted by molar-refractivity contribution is 7.53. The topological polar surface area (TPSA) is 35.5 Å². The largest absolute Gasteiger partial charge is 0.335 e. The Hall–Kier alpha value is -0.630. The van der Waals surface area contributed by atoms with Gasteiger partial charge in [0.25, 0.3) is 0 Å². The van der Waals surface area contributed by atoms with Crippen molar-refractivity contribution in [1.29, 1.82) is 0 Å². The molecule has 0 saturated carbocycles. The molecule has 1 heterocycles. The van der Waals surface area contributed by atoms with Crippen LogP contribution in [0, 0.1) is 0 Å². The molecule has 1 aromatic rings. The van der Waals surface area contributed by atoms with E-state index in [9.17, 15) is 4.57 Å². The van der Waals surface area contributed by atoms with Crippen LogP contribution in [0.4, 0.5) is 0 Å². The Morgan fingerprint density at radius 3 is 2.38 bits per heavy atom. The van der Waals surface area contributed by atoms with Crippen molar-refractivity contribution in [3.05, 3.63) is 35.9 Å². The molecule has 1 saturated heterocycles. The van der Waals surface area contributed by atoms with Crippen molar-refractivity contribution in [2.75, 3.05) is 13.2 Å². The third-order valence-electron chi connectivity index (χ3n) is 1.88. The Morgan fingerprint density at radius 1 is 1.15 bits per heavy atom. The first-order chi connectivity index (χ1) is 6.29. The standard InChI is InChI=1S/C9H11O3P/c10-13(11-6-7-12-13)8-9-4-2-1-3-5-9/h1-5H,6-8H2. The molecule has 0 aliphatic carbocycles. The van der Waals surface area contributed by atoms with Gasteiger partial charge in [0, 0.05) is 0 Å². The van der Waals surface area contributed by atoms with Gasteiger partial charge in [-0.25, -0.2) is 0 Å². The zero-order valence-electron chi connectivity index (χ0n) is 7.18. The average Bonchev–Trinajstić information content (AvgIpc) is 2.54. The quantitative estimate of drug-likeness (QED) is 0.684. The predicted molar refractivity (Wildman–Crippen MR) is 49.7 cm³/mol. The summed E-state index contributed by atoms with van der Waals surface area (Å²) in [5, 5.41) is 0. The van der Waals surface area contributed by atoms with Crippen LogP contribution in [-0.2, 0) is 19.8 Å². The summed E-state index contributed by atoms with van der Waals surface area (Å²) in [7, 11) is -2.79. The Balaban J connectivity index is 2.10. The molecule has 4 heteroatoms. The molecule has 1 aliphatic heterocycles. The first kappa shape index (κ1) is 8.95. The van der Waals surface area contributed by atoms with Crippen molar-refractivity contribution >= 4 is 7.60 Å². The van der Waals surface area contributed by atoms with Crippen LogP contribution in [0.15, 0.2) is 30.3 Å². The highest BCUT2D eigenvalue weighted by Gasteiger charge is 2.29. The molecule has 0 spiro atoms. The van der Waals surface area contributed by atoms with Crippen molar-refractivity contribution in [2.45, 2.75) is 6.16 Å². The second-order valence-electron chi connectivity index (χ2n) is 2.92. The molecule has 3 nitrogen and oxygen atoms in total. The second kappa shape index (κ2) is 3.62. The van der Waals surface area contributed by atoms with E-state index in [0.717, 1.165) is 5.56 Å². The lowest BCUT2D eigenvalue weighted by Crippen LogP contribution is -1.87. The van der Waals surface area contributed by atoms with Crippen LogP contribution in [-0.4, -0.2) is 13.2 Å². The molecule has 0 radical (unpaired) electrons. The van der Waals surface area contributed by atoms with E-state index in [0.29, 0.717) is 19.4 Å². The fraction of sp³-hybridized carbons (Fsp3) is 0.333. The second-order valence-corrected chi connectivity index (χ2v) is 4.98. The van der Waals surface area contributed by atoms with E-state index in [1.807, 2.05) is 30.3 Å². The summed E-state index contributed by atoms with van der Waals surface area (Å²) in [6.07, 6.45) is 0.383. The SMILES string of the molecule is O=P1(Cc2ccccc2)OCCO1. The van der Waals surface area contributed by atoms with Gasteiger partial charge in [-0.3, -0.25) is 4.57 Å². The Morgan fingerprint density at radius 2 is 1.77 bits per heavy atom. The van der Waals surface area contributed by atoms with E-state index in [1.165, 1.54) is 0 Å². The summed E-state index contributed by atoms with van der Waals surface area (Å²) in [4.78, 5) is 0. The summed E-state index contributed by atoms with van der Waals surface area (Å²) in [6.45, 7) is 0.897. The van der Waals surface area contributed by atoms with Crippen LogP contribution in [0.1, 0.15) is 5.56 Å². The molecular formula is C9H11O3P. The fourth-order valence-corrected chi connectivity index (χ4v) is 2.91. The lowest BCUT2D eigenvalue weighted by atomic mass is 10.2. The van der Waals surface area contributed by atoms with E-state index in [4.69, 9.17) is 9.05 Å². The molecule has 1 aliphatic rings. The fourth-order valence-electron chi connectivity index (χ4n) is 1.29. The molecule has 2 rings (SSSR count). The summed E-state index contributed by atoms with van der Waals surface area (Å²) in [5.41, 5.74) is 0.993. The maximum atomic E-state index is 11.7. The van der Waals surface area contributed by atoms with Crippen molar-refractivity contribution < 1.29 is 13.6 Å². The lowest BCUT2D eigenvalue weighted by Gasteiger charge is -2.08. The van der Waals surface area contributed by atoms with Gasteiger partial charge in [0.2, 0.25) is 0 Å². The molecule has 13 heavy (non-hydrogen) atoms. The third-order valence-corrected chi connectivity index (χ3v) is 3.78. The van der Waals surface area contributed by atoms with Gasteiger partial charge in [-0.1, -0.05) is 30.3 Å². The van der Waals surface area contributed by atoms with E-state index >= 15 is 0 Å². The highest BCUT2D eigenvalue weighted by Crippen LogP contribution is 2.54. The average molecular weight is 198 g/mol. The number of hydrogen-bond acceptors (Lipinski definition) is 3. The first-order valence-electron chi connectivity index (χ1n) is 4.21. The number of benzene rings is 1.